The Morgan fingerprint density at radius 1 is 1.69 bits per heavy atom. The number of nitrogens with zero attached hydrogens (tertiary/aromatic N) is 2. The van der Waals surface area contributed by atoms with E-state index in [1.807, 2.05) is 0 Å². The minimum atomic E-state index is -0.167. The largest absolute Gasteiger partial charge is 0.394 e. The summed E-state index contributed by atoms with van der Waals surface area (Å²) >= 11 is 0. The molecule has 2 rings (SSSR count). The number of carbonyl (C=O) groups is 1. The maximum absolute atomic E-state index is 12.1. The van der Waals surface area contributed by atoms with Crippen LogP contribution in [-0.4, -0.2) is 40.3 Å². The van der Waals surface area contributed by atoms with Crippen LogP contribution in [0.3, 0.4) is 0 Å². The van der Waals surface area contributed by atoms with Gasteiger partial charge in [-0.2, -0.15) is 0 Å². The summed E-state index contributed by atoms with van der Waals surface area (Å²) < 4.78 is 4.95. The molecule has 1 N–H and O–H groups in total. The van der Waals surface area contributed by atoms with Gasteiger partial charge in [0.05, 0.1) is 18.3 Å². The van der Waals surface area contributed by atoms with Crippen molar-refractivity contribution in [3.8, 4) is 0 Å². The monoisotopic (exact) mass is 224 g/mol. The number of hydrogen-bond donors (Lipinski definition) is 1. The van der Waals surface area contributed by atoms with Crippen LogP contribution in [0.4, 0.5) is 0 Å². The summed E-state index contributed by atoms with van der Waals surface area (Å²) in [7, 11) is 0. The molecule has 1 aliphatic heterocycles. The number of piperidine rings is 1. The van der Waals surface area contributed by atoms with Crippen LogP contribution in [0.15, 0.2) is 10.6 Å². The molecule has 0 aromatic carbocycles. The molecule has 0 bridgehead atoms. The summed E-state index contributed by atoms with van der Waals surface area (Å²) in [5.74, 6) is 0.0946. The van der Waals surface area contributed by atoms with Crippen molar-refractivity contribution in [2.24, 2.45) is 0 Å². The van der Waals surface area contributed by atoms with Crippen LogP contribution in [0.1, 0.15) is 35.5 Å². The summed E-state index contributed by atoms with van der Waals surface area (Å²) in [4.78, 5) is 13.7. The predicted octanol–water partition coefficient (Wildman–Crippen LogP) is 0.970. The van der Waals surface area contributed by atoms with Gasteiger partial charge in [0, 0.05) is 12.6 Å². The molecule has 1 fully saturated rings. The molecule has 1 atom stereocenters. The molecule has 1 unspecified atom stereocenters. The van der Waals surface area contributed by atoms with Gasteiger partial charge in [-0.15, -0.1) is 0 Å². The van der Waals surface area contributed by atoms with Crippen LogP contribution < -0.4 is 0 Å². The van der Waals surface area contributed by atoms with Gasteiger partial charge in [0.25, 0.3) is 5.91 Å². The zero-order chi connectivity index (χ0) is 11.5. The smallest absolute Gasteiger partial charge is 0.292 e. The topological polar surface area (TPSA) is 66.6 Å². The van der Waals surface area contributed by atoms with E-state index in [4.69, 9.17) is 4.52 Å². The molecule has 1 aliphatic rings. The number of aliphatic hydroxyl groups excluding tert-OH is 1. The Morgan fingerprint density at radius 2 is 2.50 bits per heavy atom. The molecule has 5 heteroatoms. The van der Waals surface area contributed by atoms with Crippen LogP contribution in [0.5, 0.6) is 0 Å². The highest BCUT2D eigenvalue weighted by Crippen LogP contribution is 2.19. The van der Waals surface area contributed by atoms with E-state index in [0.29, 0.717) is 12.2 Å². The van der Waals surface area contributed by atoms with Gasteiger partial charge in [0.15, 0.2) is 0 Å². The Hall–Kier alpha value is -1.36. The summed E-state index contributed by atoms with van der Waals surface area (Å²) in [5, 5.41) is 12.9. The van der Waals surface area contributed by atoms with E-state index >= 15 is 0 Å². The molecule has 0 radical (unpaired) electrons. The number of aromatic nitrogens is 1. The van der Waals surface area contributed by atoms with Crippen molar-refractivity contribution < 1.29 is 14.4 Å². The van der Waals surface area contributed by atoms with Gasteiger partial charge >= 0.3 is 0 Å². The number of rotatable bonds is 2. The number of hydrogen-bond acceptors (Lipinski definition) is 4. The van der Waals surface area contributed by atoms with E-state index < -0.39 is 0 Å². The van der Waals surface area contributed by atoms with E-state index in [1.165, 1.54) is 0 Å². The fourth-order valence-electron chi connectivity index (χ4n) is 2.06. The number of aliphatic hydroxyl groups is 1. The quantitative estimate of drug-likeness (QED) is 0.812. The molecule has 0 saturated carbocycles. The molecule has 1 amide bonds. The van der Waals surface area contributed by atoms with Gasteiger partial charge in [-0.1, -0.05) is 5.16 Å². The lowest BCUT2D eigenvalue weighted by atomic mass is 10.0. The van der Waals surface area contributed by atoms with E-state index in [2.05, 4.69) is 5.16 Å². The first-order chi connectivity index (χ1) is 7.72. The van der Waals surface area contributed by atoms with Gasteiger partial charge in [-0.05, 0) is 26.2 Å². The Kier molecular flexibility index (Phi) is 3.24. The molecule has 88 valence electrons. The van der Waals surface area contributed by atoms with Crippen molar-refractivity contribution in [2.75, 3.05) is 13.2 Å². The number of amides is 1. The van der Waals surface area contributed by atoms with E-state index in [1.54, 1.807) is 17.9 Å². The van der Waals surface area contributed by atoms with Crippen molar-refractivity contribution in [1.29, 1.82) is 0 Å². The third kappa shape index (κ3) is 2.09. The number of likely N-dealkylation sites (tertiary alicyclic amines) is 1. The normalized spacial score (nSPS) is 21.1. The summed E-state index contributed by atoms with van der Waals surface area (Å²) in [6, 6.07) is 1.55. The first-order valence-corrected chi connectivity index (χ1v) is 5.57. The second kappa shape index (κ2) is 4.65. The first-order valence-electron chi connectivity index (χ1n) is 5.57. The maximum Gasteiger partial charge on any atom is 0.292 e. The Morgan fingerprint density at radius 3 is 3.12 bits per heavy atom. The first kappa shape index (κ1) is 11.1. The Labute approximate surface area is 94.0 Å². The van der Waals surface area contributed by atoms with Crippen molar-refractivity contribution in [3.63, 3.8) is 0 Å². The molecule has 1 aromatic rings. The molecular weight excluding hydrogens is 208 g/mol. The van der Waals surface area contributed by atoms with Gasteiger partial charge in [-0.25, -0.2) is 0 Å². The predicted molar refractivity (Wildman–Crippen MR) is 57.0 cm³/mol. The number of aryl methyl sites for hydroxylation is 1. The van der Waals surface area contributed by atoms with Gasteiger partial charge < -0.3 is 14.5 Å². The fourth-order valence-corrected chi connectivity index (χ4v) is 2.06. The lowest BCUT2D eigenvalue weighted by Crippen LogP contribution is -2.45. The van der Waals surface area contributed by atoms with Crippen molar-refractivity contribution in [3.05, 3.63) is 17.5 Å². The Bertz CT molecular complexity index is 375. The molecule has 1 aromatic heterocycles. The highest BCUT2D eigenvalue weighted by molar-refractivity contribution is 5.91. The standard InChI is InChI=1S/C11H16N2O3/c1-8-6-10(16-12-8)11(15)13-5-3-2-4-9(13)7-14/h6,9,14H,2-5,7H2,1H3. The van der Waals surface area contributed by atoms with Gasteiger partial charge in [0.2, 0.25) is 5.76 Å². The molecule has 0 aliphatic carbocycles. The molecular formula is C11H16N2O3. The maximum atomic E-state index is 12.1. The highest BCUT2D eigenvalue weighted by Gasteiger charge is 2.28. The van der Waals surface area contributed by atoms with Crippen molar-refractivity contribution in [2.45, 2.75) is 32.2 Å². The van der Waals surface area contributed by atoms with Crippen LogP contribution in [0.2, 0.25) is 0 Å². The Balaban J connectivity index is 2.13. The summed E-state index contributed by atoms with van der Waals surface area (Å²) in [6.07, 6.45) is 2.90. The fraction of sp³-hybridized carbons (Fsp3) is 0.636. The third-order valence-corrected chi connectivity index (χ3v) is 2.94. The highest BCUT2D eigenvalue weighted by atomic mass is 16.5. The van der Waals surface area contributed by atoms with Crippen LogP contribution in [0.25, 0.3) is 0 Å². The van der Waals surface area contributed by atoms with Crippen LogP contribution >= 0.6 is 0 Å². The lowest BCUT2D eigenvalue weighted by molar-refractivity contribution is 0.0464. The average molecular weight is 224 g/mol. The van der Waals surface area contributed by atoms with Crippen LogP contribution in [0, 0.1) is 6.92 Å². The van der Waals surface area contributed by atoms with Crippen molar-refractivity contribution >= 4 is 5.91 Å². The average Bonchev–Trinajstić information content (AvgIpc) is 2.75. The molecule has 5 nitrogen and oxygen atoms in total. The van der Waals surface area contributed by atoms with Crippen molar-refractivity contribution in [1.82, 2.24) is 10.1 Å². The second-order valence-electron chi connectivity index (χ2n) is 4.16. The minimum absolute atomic E-state index is 0.0128. The van der Waals surface area contributed by atoms with Gasteiger partial charge in [-0.3, -0.25) is 4.79 Å². The molecule has 0 spiro atoms. The summed E-state index contributed by atoms with van der Waals surface area (Å²) in [5.41, 5.74) is 0.695. The molecule has 16 heavy (non-hydrogen) atoms. The third-order valence-electron chi connectivity index (χ3n) is 2.94. The molecule has 1 saturated heterocycles. The SMILES string of the molecule is Cc1cc(C(=O)N2CCCCC2CO)on1. The van der Waals surface area contributed by atoms with Crippen LogP contribution in [-0.2, 0) is 0 Å². The van der Waals surface area contributed by atoms with Gasteiger partial charge in [0.1, 0.15) is 0 Å². The zero-order valence-corrected chi connectivity index (χ0v) is 9.35. The molecule has 2 heterocycles. The van der Waals surface area contributed by atoms with E-state index in [9.17, 15) is 9.90 Å². The summed E-state index contributed by atoms with van der Waals surface area (Å²) in [6.45, 7) is 2.47. The van der Waals surface area contributed by atoms with E-state index in [-0.39, 0.29) is 24.3 Å². The van der Waals surface area contributed by atoms with E-state index in [0.717, 1.165) is 19.3 Å². The minimum Gasteiger partial charge on any atom is -0.394 e. The number of carbonyl (C=O) groups excluding carboxylic acids is 1. The second-order valence-corrected chi connectivity index (χ2v) is 4.16. The lowest BCUT2D eigenvalue weighted by Gasteiger charge is -2.33. The zero-order valence-electron chi connectivity index (χ0n) is 9.35.